The minimum Gasteiger partial charge on any atom is -0.345 e. The highest BCUT2D eigenvalue weighted by Crippen LogP contribution is 2.36. The molecule has 0 saturated carbocycles. The second kappa shape index (κ2) is 8.04. The maximum absolute atomic E-state index is 12.0. The Morgan fingerprint density at radius 2 is 2.09 bits per heavy atom. The highest BCUT2D eigenvalue weighted by molar-refractivity contribution is 8.00. The maximum Gasteiger partial charge on any atom is 0.317 e. The van der Waals surface area contributed by atoms with Crippen molar-refractivity contribution in [1.29, 1.82) is 0 Å². The Morgan fingerprint density at radius 3 is 2.78 bits per heavy atom. The zero-order valence-corrected chi connectivity index (χ0v) is 15.0. The zero-order valence-electron chi connectivity index (χ0n) is 14.2. The Hall–Kier alpha value is -1.24. The molecule has 2 heterocycles. The monoisotopic (exact) mass is 341 g/mol. The summed E-state index contributed by atoms with van der Waals surface area (Å²) in [4.78, 5) is 38.1. The number of urea groups is 1. The number of hydrogen-bond acceptors (Lipinski definition) is 4. The average Bonchev–Trinajstić information content (AvgIpc) is 3.02. The lowest BCUT2D eigenvalue weighted by Crippen LogP contribution is -2.38. The third kappa shape index (κ3) is 4.62. The van der Waals surface area contributed by atoms with Crippen LogP contribution in [0.1, 0.15) is 39.0 Å². The molecule has 2 rings (SSSR count). The van der Waals surface area contributed by atoms with Crippen molar-refractivity contribution >= 4 is 29.5 Å². The second-order valence-corrected chi connectivity index (χ2v) is 7.81. The molecule has 7 heteroatoms. The van der Waals surface area contributed by atoms with E-state index in [1.54, 1.807) is 18.9 Å². The van der Waals surface area contributed by atoms with Gasteiger partial charge < -0.3 is 15.1 Å². The number of amides is 3. The lowest BCUT2D eigenvalue weighted by molar-refractivity contribution is -0.130. The van der Waals surface area contributed by atoms with Crippen LogP contribution in [0.25, 0.3) is 0 Å². The topological polar surface area (TPSA) is 69.7 Å². The van der Waals surface area contributed by atoms with Crippen LogP contribution < -0.4 is 5.32 Å². The standard InChI is InChI=1S/C16H27N3O3S/c1-11(20)8-9-18(2)14(21)7-5-4-6-13-15-12(10-23-13)17-16(22)19(15)3/h12-13,15H,4-10H2,1-3H3,(H,17,22)/t12-,13-,15-/m0/s1. The molecule has 0 unspecified atom stereocenters. The van der Waals surface area contributed by atoms with E-state index in [2.05, 4.69) is 5.32 Å². The van der Waals surface area contributed by atoms with Crippen molar-refractivity contribution in [3.63, 3.8) is 0 Å². The molecule has 0 spiro atoms. The molecular weight excluding hydrogens is 314 g/mol. The first-order valence-corrected chi connectivity index (χ1v) is 9.33. The summed E-state index contributed by atoms with van der Waals surface area (Å²) in [6, 6.07) is 0.607. The lowest BCUT2D eigenvalue weighted by Gasteiger charge is -2.23. The second-order valence-electron chi connectivity index (χ2n) is 6.54. The number of Topliss-reactive ketones (excluding diaryl/α,β-unsaturated/α-hetero) is 1. The Labute approximate surface area is 142 Å². The van der Waals surface area contributed by atoms with E-state index in [4.69, 9.17) is 0 Å². The van der Waals surface area contributed by atoms with Crippen LogP contribution in [-0.2, 0) is 9.59 Å². The number of fused-ring (bicyclic) bond motifs is 1. The van der Waals surface area contributed by atoms with Crippen molar-refractivity contribution in [1.82, 2.24) is 15.1 Å². The predicted octanol–water partition coefficient (Wildman–Crippen LogP) is 1.49. The van der Waals surface area contributed by atoms with Crippen molar-refractivity contribution in [3.05, 3.63) is 0 Å². The number of rotatable bonds is 8. The molecule has 6 nitrogen and oxygen atoms in total. The molecule has 0 aromatic heterocycles. The average molecular weight is 341 g/mol. The fourth-order valence-corrected chi connectivity index (χ4v) is 4.88. The van der Waals surface area contributed by atoms with Gasteiger partial charge in [-0.15, -0.1) is 0 Å². The fraction of sp³-hybridized carbons (Fsp3) is 0.812. The minimum absolute atomic E-state index is 0.0348. The summed E-state index contributed by atoms with van der Waals surface area (Å²) in [6.07, 6.45) is 3.86. The fourth-order valence-electron chi connectivity index (χ4n) is 3.24. The van der Waals surface area contributed by atoms with E-state index in [1.807, 2.05) is 23.7 Å². The van der Waals surface area contributed by atoms with Gasteiger partial charge in [-0.05, 0) is 19.8 Å². The molecule has 2 fully saturated rings. The van der Waals surface area contributed by atoms with Gasteiger partial charge in [0.2, 0.25) is 5.91 Å². The van der Waals surface area contributed by atoms with Crippen LogP contribution in [0.4, 0.5) is 4.79 Å². The summed E-state index contributed by atoms with van der Waals surface area (Å²) in [6.45, 7) is 2.06. The Bertz CT molecular complexity index is 471. The van der Waals surface area contributed by atoms with Crippen LogP contribution in [0.15, 0.2) is 0 Å². The van der Waals surface area contributed by atoms with Gasteiger partial charge in [0.25, 0.3) is 0 Å². The molecule has 3 atom stereocenters. The molecule has 1 N–H and O–H groups in total. The normalized spacial score (nSPS) is 26.1. The summed E-state index contributed by atoms with van der Waals surface area (Å²) in [5, 5.41) is 3.49. The molecule has 2 saturated heterocycles. The van der Waals surface area contributed by atoms with Gasteiger partial charge in [0, 0.05) is 44.5 Å². The van der Waals surface area contributed by atoms with Crippen LogP contribution in [0.2, 0.25) is 0 Å². The molecule has 0 aliphatic carbocycles. The molecule has 0 aromatic rings. The highest BCUT2D eigenvalue weighted by atomic mass is 32.2. The molecular formula is C16H27N3O3S. The van der Waals surface area contributed by atoms with Gasteiger partial charge >= 0.3 is 6.03 Å². The molecule has 3 amide bonds. The minimum atomic E-state index is 0.0348. The molecule has 2 aliphatic rings. The smallest absolute Gasteiger partial charge is 0.317 e. The van der Waals surface area contributed by atoms with E-state index >= 15 is 0 Å². The number of nitrogens with one attached hydrogen (secondary N) is 1. The summed E-state index contributed by atoms with van der Waals surface area (Å²) < 4.78 is 0. The van der Waals surface area contributed by atoms with E-state index < -0.39 is 0 Å². The summed E-state index contributed by atoms with van der Waals surface area (Å²) in [5.74, 6) is 1.21. The van der Waals surface area contributed by atoms with Gasteiger partial charge in [-0.2, -0.15) is 11.8 Å². The van der Waals surface area contributed by atoms with Crippen molar-refractivity contribution in [2.75, 3.05) is 26.4 Å². The van der Waals surface area contributed by atoms with Crippen LogP contribution in [-0.4, -0.2) is 71.2 Å². The largest absolute Gasteiger partial charge is 0.345 e. The number of ketones is 1. The van der Waals surface area contributed by atoms with Crippen molar-refractivity contribution in [3.8, 4) is 0 Å². The first-order chi connectivity index (χ1) is 10.9. The number of carbonyl (C=O) groups excluding carboxylic acids is 3. The zero-order chi connectivity index (χ0) is 17.0. The van der Waals surface area contributed by atoms with E-state index in [0.29, 0.717) is 30.7 Å². The van der Waals surface area contributed by atoms with Gasteiger partial charge in [0.1, 0.15) is 5.78 Å². The molecule has 0 radical (unpaired) electrons. The summed E-state index contributed by atoms with van der Waals surface area (Å²) in [7, 11) is 3.62. The van der Waals surface area contributed by atoms with Crippen molar-refractivity contribution < 1.29 is 14.4 Å². The molecule has 23 heavy (non-hydrogen) atoms. The van der Waals surface area contributed by atoms with E-state index in [0.717, 1.165) is 25.0 Å². The van der Waals surface area contributed by atoms with Crippen LogP contribution in [0.5, 0.6) is 0 Å². The predicted molar refractivity (Wildman–Crippen MR) is 91.5 cm³/mol. The Morgan fingerprint density at radius 1 is 1.35 bits per heavy atom. The maximum atomic E-state index is 12.0. The summed E-state index contributed by atoms with van der Waals surface area (Å²) >= 11 is 1.93. The third-order valence-corrected chi connectivity index (χ3v) is 6.21. The van der Waals surface area contributed by atoms with Gasteiger partial charge in [-0.1, -0.05) is 6.42 Å². The first kappa shape index (κ1) is 18.1. The molecule has 0 bridgehead atoms. The number of likely N-dealkylation sites (N-methyl/N-ethyl adjacent to an activating group) is 1. The van der Waals surface area contributed by atoms with E-state index in [1.165, 1.54) is 0 Å². The number of unbranched alkanes of at least 4 members (excludes halogenated alkanes) is 1. The SMILES string of the molecule is CC(=O)CCN(C)C(=O)CCCC[C@@H]1SC[C@@H]2NC(=O)N(C)[C@@H]21. The quantitative estimate of drug-likeness (QED) is 0.536. The Balaban J connectivity index is 1.65. The number of thioether (sulfide) groups is 1. The van der Waals surface area contributed by atoms with E-state index in [9.17, 15) is 14.4 Å². The van der Waals surface area contributed by atoms with Gasteiger partial charge in [0.05, 0.1) is 12.1 Å². The summed E-state index contributed by atoms with van der Waals surface area (Å²) in [5.41, 5.74) is 0. The van der Waals surface area contributed by atoms with Crippen molar-refractivity contribution in [2.45, 2.75) is 56.4 Å². The van der Waals surface area contributed by atoms with Gasteiger partial charge in [-0.3, -0.25) is 9.59 Å². The number of carbonyl (C=O) groups is 3. The molecule has 0 aromatic carbocycles. The first-order valence-electron chi connectivity index (χ1n) is 8.28. The molecule has 130 valence electrons. The number of hydrogen-bond donors (Lipinski definition) is 1. The lowest BCUT2D eigenvalue weighted by atomic mass is 10.0. The van der Waals surface area contributed by atoms with Crippen LogP contribution >= 0.6 is 11.8 Å². The van der Waals surface area contributed by atoms with Crippen LogP contribution in [0, 0.1) is 0 Å². The highest BCUT2D eigenvalue weighted by Gasteiger charge is 2.46. The van der Waals surface area contributed by atoms with Crippen molar-refractivity contribution in [2.24, 2.45) is 0 Å². The Kier molecular flexibility index (Phi) is 6.33. The third-order valence-electron chi connectivity index (χ3n) is 4.71. The van der Waals surface area contributed by atoms with Gasteiger partial charge in [-0.25, -0.2) is 4.79 Å². The number of nitrogens with zero attached hydrogens (tertiary/aromatic N) is 2. The molecule has 2 aliphatic heterocycles. The van der Waals surface area contributed by atoms with E-state index in [-0.39, 0.29) is 23.8 Å². The van der Waals surface area contributed by atoms with Crippen LogP contribution in [0.3, 0.4) is 0 Å². The van der Waals surface area contributed by atoms with Gasteiger partial charge in [0.15, 0.2) is 0 Å².